The number of piperidine rings is 1. The molecule has 100 valence electrons. The molecule has 0 spiro atoms. The van der Waals surface area contributed by atoms with Crippen LogP contribution < -0.4 is 0 Å². The van der Waals surface area contributed by atoms with Gasteiger partial charge < -0.3 is 0 Å². The first-order valence-corrected chi connectivity index (χ1v) is 8.12. The quantitative estimate of drug-likeness (QED) is 0.796. The van der Waals surface area contributed by atoms with Gasteiger partial charge in [0.15, 0.2) is 0 Å². The van der Waals surface area contributed by atoms with Crippen LogP contribution in [-0.2, 0) is 6.54 Å². The molecule has 19 heavy (non-hydrogen) atoms. The summed E-state index contributed by atoms with van der Waals surface area (Å²) in [6, 6.07) is 11.5. The predicted molar refractivity (Wildman–Crippen MR) is 83.6 cm³/mol. The van der Waals surface area contributed by atoms with Crippen LogP contribution in [0.1, 0.15) is 24.8 Å². The zero-order valence-electron chi connectivity index (χ0n) is 11.1. The van der Waals surface area contributed by atoms with Crippen LogP contribution in [0, 0.1) is 0 Å². The molecule has 1 atom stereocenters. The predicted octanol–water partition coefficient (Wildman–Crippen LogP) is 3.98. The Balaban J connectivity index is 1.80. The Hall–Kier alpha value is -0.930. The van der Waals surface area contributed by atoms with Crippen LogP contribution in [0.3, 0.4) is 0 Å². The lowest BCUT2D eigenvalue weighted by atomic mass is 10.0. The number of alkyl halides is 1. The van der Waals surface area contributed by atoms with Crippen molar-refractivity contribution in [3.63, 3.8) is 0 Å². The van der Waals surface area contributed by atoms with Gasteiger partial charge in [-0.05, 0) is 43.1 Å². The van der Waals surface area contributed by atoms with E-state index in [0.717, 1.165) is 17.4 Å². The number of rotatable bonds is 3. The van der Waals surface area contributed by atoms with Crippen molar-refractivity contribution in [1.29, 1.82) is 0 Å². The number of aromatic nitrogens is 1. The van der Waals surface area contributed by atoms with Crippen molar-refractivity contribution < 1.29 is 0 Å². The van der Waals surface area contributed by atoms with Gasteiger partial charge >= 0.3 is 0 Å². The number of fused-ring (bicyclic) bond motifs is 1. The summed E-state index contributed by atoms with van der Waals surface area (Å²) in [5.74, 6) is 0. The first-order valence-electron chi connectivity index (χ1n) is 7.00. The minimum atomic E-state index is 0.693. The maximum absolute atomic E-state index is 4.38. The highest BCUT2D eigenvalue weighted by atomic mass is 79.9. The van der Waals surface area contributed by atoms with Crippen LogP contribution >= 0.6 is 15.9 Å². The van der Waals surface area contributed by atoms with E-state index >= 15 is 0 Å². The van der Waals surface area contributed by atoms with Gasteiger partial charge in [0.05, 0.1) is 5.52 Å². The first kappa shape index (κ1) is 13.1. The molecule has 1 saturated heterocycles. The molecular weight excluding hydrogens is 300 g/mol. The zero-order chi connectivity index (χ0) is 13.1. The van der Waals surface area contributed by atoms with Crippen LogP contribution in [0.4, 0.5) is 0 Å². The van der Waals surface area contributed by atoms with E-state index in [-0.39, 0.29) is 0 Å². The summed E-state index contributed by atoms with van der Waals surface area (Å²) in [7, 11) is 0. The van der Waals surface area contributed by atoms with Gasteiger partial charge in [-0.1, -0.05) is 34.5 Å². The summed E-state index contributed by atoms with van der Waals surface area (Å²) in [5, 5.41) is 2.33. The molecular formula is C16H19BrN2. The molecule has 1 aliphatic rings. The minimum Gasteiger partial charge on any atom is -0.295 e. The molecule has 2 aromatic rings. The molecule has 1 aromatic carbocycles. The molecule has 0 aliphatic carbocycles. The summed E-state index contributed by atoms with van der Waals surface area (Å²) in [6.07, 6.45) is 5.88. The van der Waals surface area contributed by atoms with Crippen LogP contribution in [0.5, 0.6) is 0 Å². The topological polar surface area (TPSA) is 16.1 Å². The van der Waals surface area contributed by atoms with E-state index in [9.17, 15) is 0 Å². The Kier molecular flexibility index (Phi) is 4.14. The Morgan fingerprint density at radius 3 is 3.11 bits per heavy atom. The standard InChI is InChI=1S/C16H19BrN2/c17-11-15-5-1-2-9-19(15)12-13-6-7-16-14(10-13)4-3-8-18-16/h3-4,6-8,10,15H,1-2,5,9,11-12H2. The minimum absolute atomic E-state index is 0.693. The van der Waals surface area contributed by atoms with E-state index in [1.165, 1.54) is 36.8 Å². The van der Waals surface area contributed by atoms with E-state index < -0.39 is 0 Å². The van der Waals surface area contributed by atoms with Crippen molar-refractivity contribution >= 4 is 26.8 Å². The Morgan fingerprint density at radius 2 is 2.21 bits per heavy atom. The summed E-state index contributed by atoms with van der Waals surface area (Å²) >= 11 is 3.65. The van der Waals surface area contributed by atoms with Gasteiger partial charge in [-0.15, -0.1) is 0 Å². The van der Waals surface area contributed by atoms with Crippen LogP contribution in [0.2, 0.25) is 0 Å². The lowest BCUT2D eigenvalue weighted by Crippen LogP contribution is -2.39. The van der Waals surface area contributed by atoms with E-state index in [0.29, 0.717) is 6.04 Å². The number of nitrogens with zero attached hydrogens (tertiary/aromatic N) is 2. The molecule has 0 bridgehead atoms. The fraction of sp³-hybridized carbons (Fsp3) is 0.438. The second kappa shape index (κ2) is 6.02. The lowest BCUT2D eigenvalue weighted by Gasteiger charge is -2.34. The first-order chi connectivity index (χ1) is 9.36. The van der Waals surface area contributed by atoms with Gasteiger partial charge in [0.1, 0.15) is 0 Å². The molecule has 1 aliphatic heterocycles. The Labute approximate surface area is 123 Å². The second-order valence-electron chi connectivity index (χ2n) is 5.30. The highest BCUT2D eigenvalue weighted by molar-refractivity contribution is 9.09. The average molecular weight is 319 g/mol. The molecule has 1 aromatic heterocycles. The molecule has 1 unspecified atom stereocenters. The molecule has 1 fully saturated rings. The molecule has 0 radical (unpaired) electrons. The fourth-order valence-electron chi connectivity index (χ4n) is 2.90. The van der Waals surface area contributed by atoms with Gasteiger partial charge in [0, 0.05) is 29.5 Å². The van der Waals surface area contributed by atoms with Crippen LogP contribution in [-0.4, -0.2) is 27.8 Å². The maximum atomic E-state index is 4.38. The monoisotopic (exact) mass is 318 g/mol. The van der Waals surface area contributed by atoms with Crippen molar-refractivity contribution in [1.82, 2.24) is 9.88 Å². The van der Waals surface area contributed by atoms with E-state index in [4.69, 9.17) is 0 Å². The Bertz CT molecular complexity index is 555. The third kappa shape index (κ3) is 2.98. The average Bonchev–Trinajstić information content (AvgIpc) is 2.48. The zero-order valence-corrected chi connectivity index (χ0v) is 12.6. The number of hydrogen-bond donors (Lipinski definition) is 0. The molecule has 2 nitrogen and oxygen atoms in total. The number of pyridine rings is 1. The molecule has 0 N–H and O–H groups in total. The smallest absolute Gasteiger partial charge is 0.0702 e. The van der Waals surface area contributed by atoms with Gasteiger partial charge in [-0.25, -0.2) is 0 Å². The van der Waals surface area contributed by atoms with E-state index in [1.54, 1.807) is 0 Å². The highest BCUT2D eigenvalue weighted by Crippen LogP contribution is 2.22. The summed E-state index contributed by atoms with van der Waals surface area (Å²) < 4.78 is 0. The largest absolute Gasteiger partial charge is 0.295 e. The van der Waals surface area contributed by atoms with E-state index in [2.05, 4.69) is 50.1 Å². The molecule has 3 heteroatoms. The SMILES string of the molecule is BrCC1CCCCN1Cc1ccc2ncccc2c1. The van der Waals surface area contributed by atoms with Crippen molar-refractivity contribution in [2.45, 2.75) is 31.8 Å². The summed E-state index contributed by atoms with van der Waals surface area (Å²) in [6.45, 7) is 2.28. The second-order valence-corrected chi connectivity index (χ2v) is 5.95. The molecule has 3 rings (SSSR count). The number of halogens is 1. The molecule has 2 heterocycles. The van der Waals surface area contributed by atoms with Crippen molar-refractivity contribution in [3.05, 3.63) is 42.1 Å². The maximum Gasteiger partial charge on any atom is 0.0702 e. The van der Waals surface area contributed by atoms with Gasteiger partial charge in [-0.3, -0.25) is 9.88 Å². The van der Waals surface area contributed by atoms with Crippen LogP contribution in [0.25, 0.3) is 10.9 Å². The van der Waals surface area contributed by atoms with Gasteiger partial charge in [0.25, 0.3) is 0 Å². The summed E-state index contributed by atoms with van der Waals surface area (Å²) in [4.78, 5) is 6.99. The van der Waals surface area contributed by atoms with Gasteiger partial charge in [0.2, 0.25) is 0 Å². The normalized spacial score (nSPS) is 20.8. The number of likely N-dealkylation sites (tertiary alicyclic amines) is 1. The number of hydrogen-bond acceptors (Lipinski definition) is 2. The van der Waals surface area contributed by atoms with Crippen LogP contribution in [0.15, 0.2) is 36.5 Å². The Morgan fingerprint density at radius 1 is 1.26 bits per heavy atom. The van der Waals surface area contributed by atoms with Gasteiger partial charge in [-0.2, -0.15) is 0 Å². The number of benzene rings is 1. The third-order valence-corrected chi connectivity index (χ3v) is 4.73. The molecule has 0 saturated carbocycles. The van der Waals surface area contributed by atoms with Crippen molar-refractivity contribution in [2.75, 3.05) is 11.9 Å². The highest BCUT2D eigenvalue weighted by Gasteiger charge is 2.21. The van der Waals surface area contributed by atoms with E-state index in [1.807, 2.05) is 12.3 Å². The third-order valence-electron chi connectivity index (χ3n) is 3.98. The fourth-order valence-corrected chi connectivity index (χ4v) is 3.63. The lowest BCUT2D eigenvalue weighted by molar-refractivity contribution is 0.157. The molecule has 0 amide bonds. The van der Waals surface area contributed by atoms with Crippen molar-refractivity contribution in [2.24, 2.45) is 0 Å². The van der Waals surface area contributed by atoms with Crippen molar-refractivity contribution in [3.8, 4) is 0 Å². The summed E-state index contributed by atoms with van der Waals surface area (Å²) in [5.41, 5.74) is 2.48.